The highest BCUT2D eigenvalue weighted by Crippen LogP contribution is 2.42. The molecule has 3 N–H and O–H groups in total. The zero-order chi connectivity index (χ0) is 56.6. The van der Waals surface area contributed by atoms with E-state index in [2.05, 4.69) is 16.0 Å². The molecule has 1 fully saturated rings. The number of fused-ring (bicyclic) bond motifs is 4. The predicted molar refractivity (Wildman–Crippen MR) is 300 cm³/mol. The maximum absolute atomic E-state index is 14.1. The van der Waals surface area contributed by atoms with E-state index < -0.39 is 23.9 Å². The Labute approximate surface area is 464 Å². The Morgan fingerprint density at radius 1 is 0.613 bits per heavy atom. The molecule has 4 aromatic carbocycles. The third-order valence-electron chi connectivity index (χ3n) is 14.7. The van der Waals surface area contributed by atoms with Crippen LogP contribution in [0.5, 0.6) is 28.7 Å². The maximum Gasteiger partial charge on any atom is 0.260 e. The predicted octanol–water partition coefficient (Wildman–Crippen LogP) is 7.80. The number of unbranched alkanes of at least 4 members (excludes halogenated alkanes) is 2. The molecule has 5 aliphatic heterocycles. The van der Waals surface area contributed by atoms with Gasteiger partial charge >= 0.3 is 0 Å². The van der Waals surface area contributed by atoms with Gasteiger partial charge < -0.3 is 49.4 Å². The SMILES string of the molecule is COc1ccc(C2=CN3C(=O)c4cc(OC)c(OCCCOc5cc6c(cc5OC)C(=O)N5C=C(c7ccc(NC(=O)[C@H](C)NC(=O)C(NC(=O)CCCCCN8C(=O)CCC8=O)C(C)C)cc7)CC5C=N6)cc4N=C[C@@H]3C2)cc1. The van der Waals surface area contributed by atoms with Crippen molar-refractivity contribution in [3.63, 3.8) is 0 Å². The average molecular weight is 1090 g/mol. The number of anilines is 1. The number of imide groups is 1. The first-order valence-electron chi connectivity index (χ1n) is 27.0. The van der Waals surface area contributed by atoms with Crippen LogP contribution in [0.25, 0.3) is 11.1 Å². The van der Waals surface area contributed by atoms with Crippen molar-refractivity contribution in [2.24, 2.45) is 15.9 Å². The molecule has 20 nitrogen and oxygen atoms in total. The van der Waals surface area contributed by atoms with Gasteiger partial charge in [-0.1, -0.05) is 44.5 Å². The number of carbonyl (C=O) groups is 7. The van der Waals surface area contributed by atoms with E-state index >= 15 is 0 Å². The number of carbonyl (C=O) groups excluding carboxylic acids is 7. The third-order valence-corrected chi connectivity index (χ3v) is 14.7. The molecule has 0 saturated carbocycles. The molecule has 80 heavy (non-hydrogen) atoms. The monoisotopic (exact) mass is 1090 g/mol. The van der Waals surface area contributed by atoms with E-state index in [4.69, 9.17) is 33.7 Å². The molecule has 1 saturated heterocycles. The largest absolute Gasteiger partial charge is 0.497 e. The Morgan fingerprint density at radius 2 is 1.14 bits per heavy atom. The van der Waals surface area contributed by atoms with Crippen molar-refractivity contribution in [3.8, 4) is 28.7 Å². The molecular weight excluding hydrogens is 1020 g/mol. The molecule has 4 aromatic rings. The minimum absolute atomic E-state index is 0.158. The number of hydrogen-bond donors (Lipinski definition) is 3. The molecular formula is C60H66N8O12. The lowest BCUT2D eigenvalue weighted by Gasteiger charge is -2.24. The van der Waals surface area contributed by atoms with Gasteiger partial charge in [-0.3, -0.25) is 48.4 Å². The molecule has 5 aliphatic rings. The molecule has 418 valence electrons. The van der Waals surface area contributed by atoms with E-state index in [-0.39, 0.29) is 80.0 Å². The van der Waals surface area contributed by atoms with Gasteiger partial charge in [0.1, 0.15) is 17.8 Å². The van der Waals surface area contributed by atoms with Gasteiger partial charge in [-0.15, -0.1) is 0 Å². The normalized spacial score (nSPS) is 17.8. The summed E-state index contributed by atoms with van der Waals surface area (Å²) >= 11 is 0. The summed E-state index contributed by atoms with van der Waals surface area (Å²) < 4.78 is 29.0. The maximum atomic E-state index is 14.1. The summed E-state index contributed by atoms with van der Waals surface area (Å²) in [4.78, 5) is 105. The van der Waals surface area contributed by atoms with Crippen molar-refractivity contribution >= 4 is 82.0 Å². The number of hydrogen-bond acceptors (Lipinski definition) is 14. The zero-order valence-electron chi connectivity index (χ0n) is 45.7. The summed E-state index contributed by atoms with van der Waals surface area (Å²) in [6.07, 6.45) is 11.3. The standard InChI is InChI=1S/C60H66N8O12/c1-35(2)56(65-53(69)11-8-7-9-22-66-54(70)20-21-55(66)71)58(73)63-36(3)57(72)64-41-16-12-37(13-17-41)39-25-42-31-61-47-29-51(49(77-5)27-45(47)59(74)67(42)33-39)79-23-10-24-80-52-30-48-46(28-50(52)78-6)60(75)68-34-40(26-43(68)32-62-48)38-14-18-44(76-4)19-15-38/h12-19,27-36,42-43,56H,7-11,20-26H2,1-6H3,(H,63,73)(H,64,72)(H,65,69)/t36-,42?,43-,56?/m0/s1. The smallest absolute Gasteiger partial charge is 0.260 e. The summed E-state index contributed by atoms with van der Waals surface area (Å²) in [5, 5.41) is 8.36. The molecule has 0 bridgehead atoms. The summed E-state index contributed by atoms with van der Waals surface area (Å²) in [7, 11) is 4.65. The molecule has 0 radical (unpaired) electrons. The van der Waals surface area contributed by atoms with Gasteiger partial charge in [-0.25, -0.2) is 0 Å². The highest BCUT2D eigenvalue weighted by molar-refractivity contribution is 6.07. The first-order chi connectivity index (χ1) is 38.6. The quantitative estimate of drug-likeness (QED) is 0.0477. The van der Waals surface area contributed by atoms with E-state index in [0.717, 1.165) is 28.0 Å². The topological polar surface area (TPSA) is 236 Å². The second-order valence-electron chi connectivity index (χ2n) is 20.5. The van der Waals surface area contributed by atoms with Crippen LogP contribution in [0.3, 0.4) is 0 Å². The van der Waals surface area contributed by atoms with Gasteiger partial charge in [0.05, 0.1) is 69.1 Å². The van der Waals surface area contributed by atoms with Crippen LogP contribution in [0.2, 0.25) is 0 Å². The van der Waals surface area contributed by atoms with E-state index in [1.54, 1.807) is 86.5 Å². The number of amides is 7. The Morgan fingerprint density at radius 3 is 1.64 bits per heavy atom. The number of likely N-dealkylation sites (tertiary alicyclic amines) is 1. The highest BCUT2D eigenvalue weighted by atomic mass is 16.5. The van der Waals surface area contributed by atoms with Gasteiger partial charge in [0.2, 0.25) is 29.5 Å². The van der Waals surface area contributed by atoms with Crippen LogP contribution < -0.4 is 39.6 Å². The number of nitrogens with zero attached hydrogens (tertiary/aromatic N) is 5. The summed E-state index contributed by atoms with van der Waals surface area (Å²) in [5.41, 5.74) is 5.96. The molecule has 9 rings (SSSR count). The third kappa shape index (κ3) is 12.5. The lowest BCUT2D eigenvalue weighted by molar-refractivity contribution is -0.138. The molecule has 2 unspecified atom stereocenters. The number of benzene rings is 4. The summed E-state index contributed by atoms with van der Waals surface area (Å²) in [5.74, 6) is 0.129. The number of nitrogens with one attached hydrogen (secondary N) is 3. The van der Waals surface area contributed by atoms with Crippen LogP contribution in [0.15, 0.2) is 95.2 Å². The number of rotatable bonds is 23. The van der Waals surface area contributed by atoms with Gasteiger partial charge in [0, 0.05) is 87.7 Å². The Hall–Kier alpha value is -8.81. The number of ether oxygens (including phenoxy) is 5. The molecule has 0 aromatic heterocycles. The lowest BCUT2D eigenvalue weighted by Crippen LogP contribution is -2.53. The van der Waals surface area contributed by atoms with E-state index in [0.29, 0.717) is 96.3 Å². The molecule has 7 amide bonds. The first-order valence-corrected chi connectivity index (χ1v) is 27.0. The van der Waals surface area contributed by atoms with Crippen molar-refractivity contribution in [1.82, 2.24) is 25.3 Å². The van der Waals surface area contributed by atoms with Crippen molar-refractivity contribution < 1.29 is 57.2 Å². The van der Waals surface area contributed by atoms with Gasteiger partial charge in [-0.05, 0) is 84.4 Å². The zero-order valence-corrected chi connectivity index (χ0v) is 45.7. The minimum Gasteiger partial charge on any atom is -0.497 e. The van der Waals surface area contributed by atoms with Gasteiger partial charge in [-0.2, -0.15) is 0 Å². The van der Waals surface area contributed by atoms with E-state index in [9.17, 15) is 33.6 Å². The second-order valence-corrected chi connectivity index (χ2v) is 20.5. The molecule has 0 aliphatic carbocycles. The lowest BCUT2D eigenvalue weighted by atomic mass is 10.0. The van der Waals surface area contributed by atoms with E-state index in [1.807, 2.05) is 48.8 Å². The van der Waals surface area contributed by atoms with Crippen molar-refractivity contribution in [2.75, 3.05) is 46.4 Å². The Bertz CT molecular complexity index is 3170. The molecule has 5 heterocycles. The number of aliphatic imine (C=N–C) groups is 2. The van der Waals surface area contributed by atoms with Crippen molar-refractivity contribution in [1.29, 1.82) is 0 Å². The fraction of sp³-hybridized carbons (Fsp3) is 0.383. The molecule has 20 heteroatoms. The van der Waals surface area contributed by atoms with Crippen LogP contribution in [-0.4, -0.2) is 134 Å². The van der Waals surface area contributed by atoms with Crippen LogP contribution in [-0.2, 0) is 24.0 Å². The van der Waals surface area contributed by atoms with Crippen LogP contribution >= 0.6 is 0 Å². The van der Waals surface area contributed by atoms with Crippen LogP contribution in [0, 0.1) is 5.92 Å². The highest BCUT2D eigenvalue weighted by Gasteiger charge is 2.36. The number of methoxy groups -OCH3 is 3. The molecule has 0 spiro atoms. The second kappa shape index (κ2) is 24.9. The summed E-state index contributed by atoms with van der Waals surface area (Å²) in [6.45, 7) is 6.02. The first kappa shape index (κ1) is 55.9. The van der Waals surface area contributed by atoms with Crippen LogP contribution in [0.4, 0.5) is 17.1 Å². The van der Waals surface area contributed by atoms with Gasteiger partial charge in [0.15, 0.2) is 23.0 Å². The Balaban J connectivity index is 0.739. The molecule has 4 atom stereocenters. The average Bonchev–Trinajstić information content (AvgIpc) is 4.15. The van der Waals surface area contributed by atoms with Crippen LogP contribution in [0.1, 0.15) is 110 Å². The fourth-order valence-corrected chi connectivity index (χ4v) is 10.1. The minimum atomic E-state index is -0.921. The van der Waals surface area contributed by atoms with Crippen molar-refractivity contribution in [3.05, 3.63) is 107 Å². The van der Waals surface area contributed by atoms with Gasteiger partial charge in [0.25, 0.3) is 11.8 Å². The van der Waals surface area contributed by atoms with E-state index in [1.165, 1.54) is 19.1 Å². The Kier molecular flexibility index (Phi) is 17.4. The van der Waals surface area contributed by atoms with Crippen molar-refractivity contribution in [2.45, 2.75) is 103 Å². The summed E-state index contributed by atoms with van der Waals surface area (Å²) in [6, 6.07) is 19.3. The fourth-order valence-electron chi connectivity index (χ4n) is 10.1.